The Hall–Kier alpha value is -2.40. The van der Waals surface area contributed by atoms with E-state index < -0.39 is 6.04 Å². The van der Waals surface area contributed by atoms with Crippen molar-refractivity contribution in [2.24, 2.45) is 5.73 Å². The van der Waals surface area contributed by atoms with Gasteiger partial charge in [-0.25, -0.2) is 4.39 Å². The van der Waals surface area contributed by atoms with E-state index in [1.54, 1.807) is 6.07 Å². The van der Waals surface area contributed by atoms with E-state index in [0.29, 0.717) is 6.54 Å². The molecule has 0 aliphatic carbocycles. The first-order valence-electron chi connectivity index (χ1n) is 8.25. The molecule has 4 nitrogen and oxygen atoms in total. The molecule has 0 bridgehead atoms. The van der Waals surface area contributed by atoms with Gasteiger partial charge in [0.05, 0.1) is 0 Å². The highest BCUT2D eigenvalue weighted by molar-refractivity contribution is 5.83. The maximum Gasteiger partial charge on any atom is 0.241 e. The largest absolute Gasteiger partial charge is 0.369 e. The predicted octanol–water partition coefficient (Wildman–Crippen LogP) is 2.61. The number of anilines is 1. The van der Waals surface area contributed by atoms with E-state index in [4.69, 9.17) is 5.73 Å². The standard InChI is InChI=1S/C19H22FN3O/c20-15-8-4-10-17(12-15)23-11-5-9-16(13-23)22-19(24)18(21)14-6-2-1-3-7-14/h1-4,6-8,10,12,16,18H,5,9,11,13,21H2,(H,22,24). The van der Waals surface area contributed by atoms with Crippen LogP contribution in [-0.2, 0) is 4.79 Å². The lowest BCUT2D eigenvalue weighted by Gasteiger charge is -2.35. The molecule has 0 saturated carbocycles. The van der Waals surface area contributed by atoms with Crippen LogP contribution in [0.1, 0.15) is 24.4 Å². The number of piperidine rings is 1. The second kappa shape index (κ2) is 7.45. The summed E-state index contributed by atoms with van der Waals surface area (Å²) in [5, 5.41) is 3.03. The molecule has 2 unspecified atom stereocenters. The summed E-state index contributed by atoms with van der Waals surface area (Å²) in [4.78, 5) is 14.5. The Morgan fingerprint density at radius 1 is 1.21 bits per heavy atom. The first kappa shape index (κ1) is 16.5. The molecule has 1 aliphatic heterocycles. The Morgan fingerprint density at radius 3 is 2.75 bits per heavy atom. The number of hydrogen-bond donors (Lipinski definition) is 2. The molecule has 2 aromatic rings. The van der Waals surface area contributed by atoms with Crippen LogP contribution in [0, 0.1) is 5.82 Å². The van der Waals surface area contributed by atoms with Gasteiger partial charge in [-0.15, -0.1) is 0 Å². The summed E-state index contributed by atoms with van der Waals surface area (Å²) in [5.74, 6) is -0.419. The van der Waals surface area contributed by atoms with E-state index >= 15 is 0 Å². The quantitative estimate of drug-likeness (QED) is 0.907. The number of carbonyl (C=O) groups is 1. The van der Waals surface area contributed by atoms with Crippen LogP contribution in [0.15, 0.2) is 54.6 Å². The maximum absolute atomic E-state index is 13.4. The number of nitrogens with zero attached hydrogens (tertiary/aromatic N) is 1. The SMILES string of the molecule is NC(C(=O)NC1CCCN(c2cccc(F)c2)C1)c1ccccc1. The molecule has 1 saturated heterocycles. The van der Waals surface area contributed by atoms with Gasteiger partial charge in [0.15, 0.2) is 0 Å². The van der Waals surface area contributed by atoms with E-state index in [1.807, 2.05) is 36.4 Å². The lowest BCUT2D eigenvalue weighted by molar-refractivity contribution is -0.123. The minimum Gasteiger partial charge on any atom is -0.369 e. The molecule has 1 aliphatic rings. The second-order valence-corrected chi connectivity index (χ2v) is 6.16. The molecule has 2 atom stereocenters. The zero-order valence-corrected chi connectivity index (χ0v) is 13.5. The third-order valence-corrected chi connectivity index (χ3v) is 4.38. The maximum atomic E-state index is 13.4. The zero-order valence-electron chi connectivity index (χ0n) is 13.5. The number of carbonyl (C=O) groups excluding carboxylic acids is 1. The summed E-state index contributed by atoms with van der Waals surface area (Å²) in [6.45, 7) is 1.53. The second-order valence-electron chi connectivity index (χ2n) is 6.16. The van der Waals surface area contributed by atoms with Crippen molar-refractivity contribution in [1.82, 2.24) is 5.32 Å². The fourth-order valence-corrected chi connectivity index (χ4v) is 3.11. The summed E-state index contributed by atoms with van der Waals surface area (Å²) in [6, 6.07) is 15.2. The van der Waals surface area contributed by atoms with Crippen LogP contribution in [-0.4, -0.2) is 25.0 Å². The summed E-state index contributed by atoms with van der Waals surface area (Å²) in [7, 11) is 0. The van der Waals surface area contributed by atoms with Crippen molar-refractivity contribution < 1.29 is 9.18 Å². The lowest BCUT2D eigenvalue weighted by Crippen LogP contribution is -2.50. The van der Waals surface area contributed by atoms with Crippen molar-refractivity contribution in [3.63, 3.8) is 0 Å². The van der Waals surface area contributed by atoms with Gasteiger partial charge in [-0.3, -0.25) is 4.79 Å². The summed E-state index contributed by atoms with van der Waals surface area (Å²) in [5.41, 5.74) is 7.69. The molecule has 24 heavy (non-hydrogen) atoms. The van der Waals surface area contributed by atoms with Crippen LogP contribution < -0.4 is 16.0 Å². The summed E-state index contributed by atoms with van der Waals surface area (Å²) < 4.78 is 13.4. The van der Waals surface area contributed by atoms with Crippen molar-refractivity contribution >= 4 is 11.6 Å². The van der Waals surface area contributed by atoms with Crippen LogP contribution in [0.3, 0.4) is 0 Å². The normalized spacial score (nSPS) is 18.9. The molecule has 1 heterocycles. The number of nitrogens with one attached hydrogen (secondary N) is 1. The minimum atomic E-state index is -0.671. The number of nitrogens with two attached hydrogens (primary N) is 1. The first-order chi connectivity index (χ1) is 11.6. The molecule has 0 radical (unpaired) electrons. The summed E-state index contributed by atoms with van der Waals surface area (Å²) in [6.07, 6.45) is 1.85. The van der Waals surface area contributed by atoms with Gasteiger partial charge in [-0.1, -0.05) is 36.4 Å². The third kappa shape index (κ3) is 3.92. The van der Waals surface area contributed by atoms with Crippen molar-refractivity contribution in [3.05, 3.63) is 66.0 Å². The number of rotatable bonds is 4. The Kier molecular flexibility index (Phi) is 5.11. The van der Waals surface area contributed by atoms with Crippen LogP contribution >= 0.6 is 0 Å². The van der Waals surface area contributed by atoms with Gasteiger partial charge in [-0.05, 0) is 36.6 Å². The summed E-state index contributed by atoms with van der Waals surface area (Å²) >= 11 is 0. The van der Waals surface area contributed by atoms with Crippen molar-refractivity contribution in [2.75, 3.05) is 18.0 Å². The fraction of sp³-hybridized carbons (Fsp3) is 0.316. The molecule has 1 amide bonds. The number of amides is 1. The Bertz CT molecular complexity index is 692. The highest BCUT2D eigenvalue weighted by Gasteiger charge is 2.24. The molecule has 0 spiro atoms. The molecular formula is C19H22FN3O. The highest BCUT2D eigenvalue weighted by atomic mass is 19.1. The van der Waals surface area contributed by atoms with E-state index in [-0.39, 0.29) is 17.8 Å². The Labute approximate surface area is 141 Å². The minimum absolute atomic E-state index is 0.0179. The van der Waals surface area contributed by atoms with Gasteiger partial charge in [0.1, 0.15) is 11.9 Å². The molecule has 1 fully saturated rings. The molecule has 3 rings (SSSR count). The fourth-order valence-electron chi connectivity index (χ4n) is 3.11. The topological polar surface area (TPSA) is 58.4 Å². The smallest absolute Gasteiger partial charge is 0.241 e. The molecule has 0 aromatic heterocycles. The van der Waals surface area contributed by atoms with Gasteiger partial charge in [0, 0.05) is 24.8 Å². The van der Waals surface area contributed by atoms with Gasteiger partial charge < -0.3 is 16.0 Å². The van der Waals surface area contributed by atoms with Gasteiger partial charge in [-0.2, -0.15) is 0 Å². The number of hydrogen-bond acceptors (Lipinski definition) is 3. The van der Waals surface area contributed by atoms with E-state index in [2.05, 4.69) is 10.2 Å². The highest BCUT2D eigenvalue weighted by Crippen LogP contribution is 2.21. The third-order valence-electron chi connectivity index (χ3n) is 4.38. The average Bonchev–Trinajstić information content (AvgIpc) is 2.62. The van der Waals surface area contributed by atoms with E-state index in [9.17, 15) is 9.18 Å². The van der Waals surface area contributed by atoms with Crippen LogP contribution in [0.2, 0.25) is 0 Å². The molecule has 2 aromatic carbocycles. The number of halogens is 1. The zero-order chi connectivity index (χ0) is 16.9. The number of benzene rings is 2. The lowest BCUT2D eigenvalue weighted by atomic mass is 10.0. The Balaban J connectivity index is 1.62. The van der Waals surface area contributed by atoms with Crippen LogP contribution in [0.5, 0.6) is 0 Å². The molecule has 3 N–H and O–H groups in total. The van der Waals surface area contributed by atoms with Crippen LogP contribution in [0.4, 0.5) is 10.1 Å². The monoisotopic (exact) mass is 327 g/mol. The van der Waals surface area contributed by atoms with E-state index in [1.165, 1.54) is 12.1 Å². The van der Waals surface area contributed by atoms with Gasteiger partial charge in [0.25, 0.3) is 0 Å². The van der Waals surface area contributed by atoms with Crippen molar-refractivity contribution in [3.8, 4) is 0 Å². The molecule has 5 heteroatoms. The van der Waals surface area contributed by atoms with E-state index in [0.717, 1.165) is 30.6 Å². The first-order valence-corrected chi connectivity index (χ1v) is 8.25. The average molecular weight is 327 g/mol. The van der Waals surface area contributed by atoms with Crippen LogP contribution in [0.25, 0.3) is 0 Å². The molecule has 126 valence electrons. The van der Waals surface area contributed by atoms with Gasteiger partial charge >= 0.3 is 0 Å². The Morgan fingerprint density at radius 2 is 2.00 bits per heavy atom. The predicted molar refractivity (Wildman–Crippen MR) is 93.1 cm³/mol. The molecular weight excluding hydrogens is 305 g/mol. The van der Waals surface area contributed by atoms with Crippen molar-refractivity contribution in [2.45, 2.75) is 24.9 Å². The van der Waals surface area contributed by atoms with Crippen molar-refractivity contribution in [1.29, 1.82) is 0 Å². The van der Waals surface area contributed by atoms with Gasteiger partial charge in [0.2, 0.25) is 5.91 Å².